The Morgan fingerprint density at radius 3 is 2.67 bits per heavy atom. The van der Waals surface area contributed by atoms with Crippen molar-refractivity contribution in [3.63, 3.8) is 0 Å². The van der Waals surface area contributed by atoms with Gasteiger partial charge < -0.3 is 15.2 Å². The molecular weight excluding hydrogens is 234 g/mol. The summed E-state index contributed by atoms with van der Waals surface area (Å²) in [5.41, 5.74) is 0.591. The smallest absolute Gasteiger partial charge is 0.306 e. The molecule has 1 unspecified atom stereocenters. The number of hydrogen-bond donors (Lipinski definition) is 2. The first-order chi connectivity index (χ1) is 8.54. The molecule has 0 bridgehead atoms. The van der Waals surface area contributed by atoms with Crippen LogP contribution in [0.1, 0.15) is 19.8 Å². The number of amides is 1. The number of benzene rings is 1. The SMILES string of the molecule is COc1ccccc1NC(=O)CCC(C)C(=O)O. The molecule has 1 aromatic rings. The highest BCUT2D eigenvalue weighted by molar-refractivity contribution is 5.92. The molecule has 1 aromatic carbocycles. The van der Waals surface area contributed by atoms with Gasteiger partial charge in [-0.05, 0) is 18.6 Å². The van der Waals surface area contributed by atoms with Gasteiger partial charge in [0.05, 0.1) is 18.7 Å². The number of hydrogen-bond acceptors (Lipinski definition) is 3. The van der Waals surface area contributed by atoms with Gasteiger partial charge in [-0.3, -0.25) is 9.59 Å². The van der Waals surface area contributed by atoms with Crippen molar-refractivity contribution < 1.29 is 19.4 Å². The minimum Gasteiger partial charge on any atom is -0.495 e. The van der Waals surface area contributed by atoms with Crippen LogP contribution in [0, 0.1) is 5.92 Å². The molecule has 18 heavy (non-hydrogen) atoms. The van der Waals surface area contributed by atoms with Gasteiger partial charge in [-0.15, -0.1) is 0 Å². The summed E-state index contributed by atoms with van der Waals surface area (Å²) < 4.78 is 5.10. The topological polar surface area (TPSA) is 75.6 Å². The second-order valence-corrected chi connectivity index (χ2v) is 4.03. The van der Waals surface area contributed by atoms with E-state index >= 15 is 0 Å². The predicted octanol–water partition coefficient (Wildman–Crippen LogP) is 2.13. The lowest BCUT2D eigenvalue weighted by Crippen LogP contribution is -2.16. The number of carbonyl (C=O) groups is 2. The monoisotopic (exact) mass is 251 g/mol. The average Bonchev–Trinajstić information content (AvgIpc) is 2.36. The lowest BCUT2D eigenvalue weighted by atomic mass is 10.1. The molecule has 0 aliphatic carbocycles. The number of methoxy groups -OCH3 is 1. The maximum Gasteiger partial charge on any atom is 0.306 e. The van der Waals surface area contributed by atoms with E-state index in [2.05, 4.69) is 5.32 Å². The van der Waals surface area contributed by atoms with Gasteiger partial charge in [0.15, 0.2) is 0 Å². The van der Waals surface area contributed by atoms with Crippen molar-refractivity contribution in [3.05, 3.63) is 24.3 Å². The van der Waals surface area contributed by atoms with Crippen LogP contribution in [0.3, 0.4) is 0 Å². The Hall–Kier alpha value is -2.04. The van der Waals surface area contributed by atoms with Gasteiger partial charge in [0.2, 0.25) is 5.91 Å². The first-order valence-electron chi connectivity index (χ1n) is 5.70. The molecule has 1 rings (SSSR count). The van der Waals surface area contributed by atoms with Crippen molar-refractivity contribution >= 4 is 17.6 Å². The van der Waals surface area contributed by atoms with E-state index < -0.39 is 11.9 Å². The molecule has 0 saturated carbocycles. The van der Waals surface area contributed by atoms with Crippen molar-refractivity contribution in [1.82, 2.24) is 0 Å². The molecule has 5 nitrogen and oxygen atoms in total. The Bertz CT molecular complexity index is 431. The summed E-state index contributed by atoms with van der Waals surface area (Å²) in [5.74, 6) is -1.04. The number of anilines is 1. The van der Waals surface area contributed by atoms with Crippen molar-refractivity contribution in [2.75, 3.05) is 12.4 Å². The Morgan fingerprint density at radius 2 is 2.06 bits per heavy atom. The van der Waals surface area contributed by atoms with E-state index in [0.717, 1.165) is 0 Å². The first kappa shape index (κ1) is 14.0. The van der Waals surface area contributed by atoms with Crippen molar-refractivity contribution in [2.24, 2.45) is 5.92 Å². The zero-order valence-electron chi connectivity index (χ0n) is 10.5. The van der Waals surface area contributed by atoms with Crippen LogP contribution in [0.5, 0.6) is 5.75 Å². The number of carboxylic acid groups (broad SMARTS) is 1. The first-order valence-corrected chi connectivity index (χ1v) is 5.70. The van der Waals surface area contributed by atoms with Gasteiger partial charge in [0.25, 0.3) is 0 Å². The zero-order valence-corrected chi connectivity index (χ0v) is 10.5. The number of rotatable bonds is 6. The number of carboxylic acids is 1. The number of aliphatic carboxylic acids is 1. The summed E-state index contributed by atoms with van der Waals surface area (Å²) in [7, 11) is 1.53. The highest BCUT2D eigenvalue weighted by Gasteiger charge is 2.13. The van der Waals surface area contributed by atoms with Crippen molar-refractivity contribution in [3.8, 4) is 5.75 Å². The molecular formula is C13H17NO4. The third-order valence-corrected chi connectivity index (χ3v) is 2.61. The number of para-hydroxylation sites is 2. The van der Waals surface area contributed by atoms with Gasteiger partial charge in [-0.25, -0.2) is 0 Å². The largest absolute Gasteiger partial charge is 0.495 e. The second-order valence-electron chi connectivity index (χ2n) is 4.03. The van der Waals surface area contributed by atoms with Gasteiger partial charge in [-0.1, -0.05) is 19.1 Å². The lowest BCUT2D eigenvalue weighted by molar-refractivity contribution is -0.141. The summed E-state index contributed by atoms with van der Waals surface area (Å²) in [5, 5.41) is 11.4. The Labute approximate surface area is 106 Å². The third kappa shape index (κ3) is 4.08. The molecule has 0 heterocycles. The van der Waals surface area contributed by atoms with Crippen LogP contribution >= 0.6 is 0 Å². The van der Waals surface area contributed by atoms with Crippen LogP contribution in [0.4, 0.5) is 5.69 Å². The summed E-state index contributed by atoms with van der Waals surface area (Å²) in [6.07, 6.45) is 0.488. The van der Waals surface area contributed by atoms with Crippen molar-refractivity contribution in [1.29, 1.82) is 0 Å². The number of ether oxygens (including phenoxy) is 1. The summed E-state index contributed by atoms with van der Waals surface area (Å²) in [6, 6.07) is 7.08. The molecule has 98 valence electrons. The number of carbonyl (C=O) groups excluding carboxylic acids is 1. The van der Waals surface area contributed by atoms with Gasteiger partial charge >= 0.3 is 5.97 Å². The van der Waals surface area contributed by atoms with Gasteiger partial charge in [-0.2, -0.15) is 0 Å². The van der Waals surface area contributed by atoms with E-state index in [0.29, 0.717) is 17.9 Å². The molecule has 0 spiro atoms. The molecule has 0 radical (unpaired) electrons. The van der Waals surface area contributed by atoms with Gasteiger partial charge in [0, 0.05) is 6.42 Å². The third-order valence-electron chi connectivity index (χ3n) is 2.61. The Balaban J connectivity index is 2.52. The van der Waals surface area contributed by atoms with E-state index in [1.54, 1.807) is 31.2 Å². The second kappa shape index (κ2) is 6.64. The fraction of sp³-hybridized carbons (Fsp3) is 0.385. The van der Waals surface area contributed by atoms with Crippen LogP contribution in [-0.2, 0) is 9.59 Å². The number of nitrogens with one attached hydrogen (secondary N) is 1. The van der Waals surface area contributed by atoms with Gasteiger partial charge in [0.1, 0.15) is 5.75 Å². The standard InChI is InChI=1S/C13H17NO4/c1-9(13(16)17)7-8-12(15)14-10-5-3-4-6-11(10)18-2/h3-6,9H,7-8H2,1-2H3,(H,14,15)(H,16,17). The average molecular weight is 251 g/mol. The fourth-order valence-electron chi connectivity index (χ4n) is 1.43. The quantitative estimate of drug-likeness (QED) is 0.812. The normalized spacial score (nSPS) is 11.7. The minimum absolute atomic E-state index is 0.172. The maximum atomic E-state index is 11.6. The summed E-state index contributed by atoms with van der Waals surface area (Å²) >= 11 is 0. The maximum absolute atomic E-state index is 11.6. The van der Waals surface area contributed by atoms with Crippen LogP contribution < -0.4 is 10.1 Å². The van der Waals surface area contributed by atoms with Crippen LogP contribution in [0.2, 0.25) is 0 Å². The summed E-state index contributed by atoms with van der Waals surface area (Å²) in [4.78, 5) is 22.3. The molecule has 0 saturated heterocycles. The van der Waals surface area contributed by atoms with E-state index in [1.807, 2.05) is 0 Å². The summed E-state index contributed by atoms with van der Waals surface area (Å²) in [6.45, 7) is 1.58. The van der Waals surface area contributed by atoms with E-state index in [1.165, 1.54) is 7.11 Å². The van der Waals surface area contributed by atoms with E-state index in [4.69, 9.17) is 9.84 Å². The van der Waals surface area contributed by atoms with Crippen LogP contribution in [0.15, 0.2) is 24.3 Å². The fourth-order valence-corrected chi connectivity index (χ4v) is 1.43. The predicted molar refractivity (Wildman–Crippen MR) is 67.7 cm³/mol. The molecule has 5 heteroatoms. The highest BCUT2D eigenvalue weighted by atomic mass is 16.5. The van der Waals surface area contributed by atoms with Crippen LogP contribution in [0.25, 0.3) is 0 Å². The van der Waals surface area contributed by atoms with E-state index in [-0.39, 0.29) is 12.3 Å². The lowest BCUT2D eigenvalue weighted by Gasteiger charge is -2.10. The van der Waals surface area contributed by atoms with Crippen molar-refractivity contribution in [2.45, 2.75) is 19.8 Å². The van der Waals surface area contributed by atoms with E-state index in [9.17, 15) is 9.59 Å². The Morgan fingerprint density at radius 1 is 1.39 bits per heavy atom. The van der Waals surface area contributed by atoms with Crippen LogP contribution in [-0.4, -0.2) is 24.1 Å². The molecule has 2 N–H and O–H groups in total. The minimum atomic E-state index is -0.889. The Kier molecular flexibility index (Phi) is 5.17. The molecule has 1 amide bonds. The highest BCUT2D eigenvalue weighted by Crippen LogP contribution is 2.23. The zero-order chi connectivity index (χ0) is 13.5. The molecule has 1 atom stereocenters. The molecule has 0 aliphatic heterocycles. The molecule has 0 aromatic heterocycles. The molecule has 0 aliphatic rings. The molecule has 0 fully saturated rings.